The molecule has 0 bridgehead atoms. The Morgan fingerprint density at radius 2 is 2.17 bits per heavy atom. The third-order valence-electron chi connectivity index (χ3n) is 3.88. The van der Waals surface area contributed by atoms with Crippen molar-refractivity contribution in [2.75, 3.05) is 0 Å². The number of rotatable bonds is 5. The van der Waals surface area contributed by atoms with E-state index < -0.39 is 12.0 Å². The standard InChI is InChI=1S/C17H19NO3S2/c1-4-11(3)14(16(20)21)18-15(19)13(23-17(18)22)9-12-7-5-6-10(2)8-12/h5-9,11,14H,4H2,1-3H3,(H,20,21)/b13-9-. The number of carbonyl (C=O) groups excluding carboxylic acids is 1. The summed E-state index contributed by atoms with van der Waals surface area (Å²) in [7, 11) is 0. The number of amides is 1. The van der Waals surface area contributed by atoms with Gasteiger partial charge in [-0.15, -0.1) is 0 Å². The van der Waals surface area contributed by atoms with Crippen LogP contribution in [0.1, 0.15) is 31.4 Å². The van der Waals surface area contributed by atoms with Crippen LogP contribution in [0.25, 0.3) is 6.08 Å². The smallest absolute Gasteiger partial charge is 0.327 e. The average Bonchev–Trinajstić information content (AvgIpc) is 2.75. The summed E-state index contributed by atoms with van der Waals surface area (Å²) < 4.78 is 0.307. The molecule has 1 saturated heterocycles. The van der Waals surface area contributed by atoms with Gasteiger partial charge in [-0.1, -0.05) is 74.1 Å². The molecule has 122 valence electrons. The van der Waals surface area contributed by atoms with Crippen molar-refractivity contribution in [2.24, 2.45) is 5.92 Å². The number of aryl methyl sites for hydroxylation is 1. The summed E-state index contributed by atoms with van der Waals surface area (Å²) in [4.78, 5) is 26.0. The first-order valence-corrected chi connectivity index (χ1v) is 8.64. The molecule has 0 aromatic heterocycles. The summed E-state index contributed by atoms with van der Waals surface area (Å²) in [6, 6.07) is 6.85. The zero-order valence-electron chi connectivity index (χ0n) is 13.3. The van der Waals surface area contributed by atoms with Crippen molar-refractivity contribution in [3.63, 3.8) is 0 Å². The van der Waals surface area contributed by atoms with Crippen LogP contribution in [0.2, 0.25) is 0 Å². The number of carboxylic acid groups (broad SMARTS) is 1. The Morgan fingerprint density at radius 1 is 1.48 bits per heavy atom. The number of carbonyl (C=O) groups is 2. The summed E-state index contributed by atoms with van der Waals surface area (Å²) in [6.45, 7) is 5.70. The lowest BCUT2D eigenvalue weighted by Gasteiger charge is -2.27. The molecule has 1 aromatic carbocycles. The first-order valence-electron chi connectivity index (χ1n) is 7.41. The molecule has 1 aromatic rings. The lowest BCUT2D eigenvalue weighted by molar-refractivity contribution is -0.147. The first-order chi connectivity index (χ1) is 10.8. The molecule has 0 spiro atoms. The molecule has 0 radical (unpaired) electrons. The van der Waals surface area contributed by atoms with E-state index in [4.69, 9.17) is 12.2 Å². The third kappa shape index (κ3) is 3.82. The van der Waals surface area contributed by atoms with Gasteiger partial charge in [0.25, 0.3) is 5.91 Å². The fourth-order valence-corrected chi connectivity index (χ4v) is 3.79. The molecular weight excluding hydrogens is 330 g/mol. The minimum absolute atomic E-state index is 0.173. The van der Waals surface area contributed by atoms with Gasteiger partial charge in [0.2, 0.25) is 0 Å². The Bertz CT molecular complexity index is 684. The molecule has 2 atom stereocenters. The minimum Gasteiger partial charge on any atom is -0.480 e. The maximum absolute atomic E-state index is 12.7. The zero-order valence-corrected chi connectivity index (χ0v) is 14.9. The molecule has 1 amide bonds. The van der Waals surface area contributed by atoms with Crippen molar-refractivity contribution in [2.45, 2.75) is 33.2 Å². The van der Waals surface area contributed by atoms with Gasteiger partial charge in [-0.2, -0.15) is 0 Å². The van der Waals surface area contributed by atoms with Crippen molar-refractivity contribution in [3.8, 4) is 0 Å². The van der Waals surface area contributed by atoms with E-state index in [0.29, 0.717) is 15.6 Å². The Hall–Kier alpha value is -1.66. The van der Waals surface area contributed by atoms with Gasteiger partial charge < -0.3 is 5.11 Å². The molecule has 1 fully saturated rings. The monoisotopic (exact) mass is 349 g/mol. The Balaban J connectivity index is 2.34. The van der Waals surface area contributed by atoms with Crippen LogP contribution in [0, 0.1) is 12.8 Å². The van der Waals surface area contributed by atoms with Gasteiger partial charge in [-0.05, 0) is 24.5 Å². The lowest BCUT2D eigenvalue weighted by Crippen LogP contribution is -2.47. The molecule has 2 rings (SSSR count). The highest BCUT2D eigenvalue weighted by Gasteiger charge is 2.42. The van der Waals surface area contributed by atoms with Gasteiger partial charge in [-0.3, -0.25) is 9.69 Å². The van der Waals surface area contributed by atoms with E-state index in [1.807, 2.05) is 45.0 Å². The maximum Gasteiger partial charge on any atom is 0.327 e. The number of thiocarbonyl (C=S) groups is 1. The Morgan fingerprint density at radius 3 is 2.74 bits per heavy atom. The van der Waals surface area contributed by atoms with Crippen LogP contribution in [0.4, 0.5) is 0 Å². The number of thioether (sulfide) groups is 1. The van der Waals surface area contributed by atoms with Crippen molar-refractivity contribution in [1.82, 2.24) is 4.90 Å². The predicted octanol–water partition coefficient (Wildman–Crippen LogP) is 3.70. The van der Waals surface area contributed by atoms with Crippen LogP contribution in [-0.2, 0) is 9.59 Å². The van der Waals surface area contributed by atoms with Gasteiger partial charge >= 0.3 is 5.97 Å². The van der Waals surface area contributed by atoms with E-state index in [0.717, 1.165) is 22.9 Å². The molecule has 1 N–H and O–H groups in total. The number of hydrogen-bond acceptors (Lipinski definition) is 4. The molecule has 0 aliphatic carbocycles. The van der Waals surface area contributed by atoms with Gasteiger partial charge in [0.15, 0.2) is 0 Å². The number of hydrogen-bond donors (Lipinski definition) is 1. The van der Waals surface area contributed by atoms with E-state index >= 15 is 0 Å². The molecule has 4 nitrogen and oxygen atoms in total. The van der Waals surface area contributed by atoms with Crippen LogP contribution in [0.15, 0.2) is 29.2 Å². The Kier molecular flexibility index (Phi) is 5.59. The number of aliphatic carboxylic acids is 1. The van der Waals surface area contributed by atoms with E-state index in [2.05, 4.69) is 0 Å². The SMILES string of the molecule is CCC(C)C(C(=O)O)N1C(=O)/C(=C/c2cccc(C)c2)SC1=S. The number of carboxylic acids is 1. The molecule has 23 heavy (non-hydrogen) atoms. The summed E-state index contributed by atoms with van der Waals surface area (Å²) in [6.07, 6.45) is 2.42. The highest BCUT2D eigenvalue weighted by atomic mass is 32.2. The fraction of sp³-hybridized carbons (Fsp3) is 0.353. The van der Waals surface area contributed by atoms with Crippen molar-refractivity contribution in [3.05, 3.63) is 40.3 Å². The molecule has 1 heterocycles. The summed E-state index contributed by atoms with van der Waals surface area (Å²) >= 11 is 6.42. The van der Waals surface area contributed by atoms with Crippen molar-refractivity contribution >= 4 is 46.3 Å². The highest BCUT2D eigenvalue weighted by molar-refractivity contribution is 8.26. The molecule has 1 aliphatic rings. The van der Waals surface area contributed by atoms with Crippen LogP contribution < -0.4 is 0 Å². The molecule has 2 unspecified atom stereocenters. The third-order valence-corrected chi connectivity index (χ3v) is 5.21. The zero-order chi connectivity index (χ0) is 17.1. The molecule has 6 heteroatoms. The topological polar surface area (TPSA) is 57.6 Å². The largest absolute Gasteiger partial charge is 0.480 e. The fourth-order valence-electron chi connectivity index (χ4n) is 2.46. The predicted molar refractivity (Wildman–Crippen MR) is 97.1 cm³/mol. The second kappa shape index (κ2) is 7.27. The van der Waals surface area contributed by atoms with Crippen LogP contribution >= 0.6 is 24.0 Å². The number of nitrogens with zero attached hydrogens (tertiary/aromatic N) is 1. The highest BCUT2D eigenvalue weighted by Crippen LogP contribution is 2.36. The summed E-state index contributed by atoms with van der Waals surface area (Å²) in [5.41, 5.74) is 2.00. The van der Waals surface area contributed by atoms with E-state index in [1.165, 1.54) is 4.90 Å². The van der Waals surface area contributed by atoms with Gasteiger partial charge in [0, 0.05) is 0 Å². The van der Waals surface area contributed by atoms with Gasteiger partial charge in [0.1, 0.15) is 10.4 Å². The van der Waals surface area contributed by atoms with Crippen LogP contribution in [-0.4, -0.2) is 32.2 Å². The summed E-state index contributed by atoms with van der Waals surface area (Å²) in [5, 5.41) is 9.50. The second-order valence-corrected chi connectivity index (χ2v) is 7.31. The summed E-state index contributed by atoms with van der Waals surface area (Å²) in [5.74, 6) is -1.52. The van der Waals surface area contributed by atoms with E-state index in [9.17, 15) is 14.7 Å². The minimum atomic E-state index is -1.02. The van der Waals surface area contributed by atoms with Gasteiger partial charge in [-0.25, -0.2) is 4.79 Å². The first kappa shape index (κ1) is 17.7. The molecule has 0 saturated carbocycles. The van der Waals surface area contributed by atoms with E-state index in [-0.39, 0.29) is 11.8 Å². The van der Waals surface area contributed by atoms with Crippen LogP contribution in [0.3, 0.4) is 0 Å². The molecule has 1 aliphatic heterocycles. The second-order valence-electron chi connectivity index (χ2n) is 5.63. The van der Waals surface area contributed by atoms with Gasteiger partial charge in [0.05, 0.1) is 4.91 Å². The maximum atomic E-state index is 12.7. The number of benzene rings is 1. The van der Waals surface area contributed by atoms with Crippen LogP contribution in [0.5, 0.6) is 0 Å². The quantitative estimate of drug-likeness (QED) is 0.649. The van der Waals surface area contributed by atoms with Crippen molar-refractivity contribution in [1.29, 1.82) is 0 Å². The Labute approximate surface area is 145 Å². The average molecular weight is 349 g/mol. The molecular formula is C17H19NO3S2. The van der Waals surface area contributed by atoms with E-state index in [1.54, 1.807) is 6.08 Å². The normalized spacial score (nSPS) is 19.3. The van der Waals surface area contributed by atoms with Crippen molar-refractivity contribution < 1.29 is 14.7 Å². The lowest BCUT2D eigenvalue weighted by atomic mass is 9.98.